The van der Waals surface area contributed by atoms with Gasteiger partial charge in [-0.25, -0.2) is 0 Å². The molecule has 0 spiro atoms. The number of hydrogen-bond donors (Lipinski definition) is 0. The molecule has 3 rings (SSSR count). The minimum atomic E-state index is 0.507. The number of benzene rings is 1. The summed E-state index contributed by atoms with van der Waals surface area (Å²) >= 11 is 0. The van der Waals surface area contributed by atoms with Crippen LogP contribution in [0, 0.1) is 39.5 Å². The summed E-state index contributed by atoms with van der Waals surface area (Å²) < 4.78 is 0. The lowest BCUT2D eigenvalue weighted by atomic mass is 9.65. The summed E-state index contributed by atoms with van der Waals surface area (Å²) in [4.78, 5) is 11.7. The molecule has 3 atom stereocenters. The van der Waals surface area contributed by atoms with E-state index in [4.69, 9.17) is 0 Å². The molecular weight excluding hydrogens is 256 g/mol. The molecule has 0 amide bonds. The van der Waals surface area contributed by atoms with E-state index >= 15 is 0 Å². The summed E-state index contributed by atoms with van der Waals surface area (Å²) in [5.41, 5.74) is 7.47. The van der Waals surface area contributed by atoms with Crippen LogP contribution in [0.3, 0.4) is 0 Å². The van der Waals surface area contributed by atoms with Crippen LogP contribution in [0.2, 0.25) is 0 Å². The molecule has 2 aliphatic carbocycles. The smallest absolute Gasteiger partial charge is 0.133 e. The average molecular weight is 284 g/mol. The summed E-state index contributed by atoms with van der Waals surface area (Å²) in [6.07, 6.45) is 6.68. The normalized spacial score (nSPS) is 29.3. The van der Waals surface area contributed by atoms with E-state index in [1.165, 1.54) is 41.5 Å². The summed E-state index contributed by atoms with van der Waals surface area (Å²) in [6.45, 7) is 9.06. The number of hydrogen-bond acceptors (Lipinski definition) is 1. The number of ketones is 1. The summed E-state index contributed by atoms with van der Waals surface area (Å²) in [5.74, 6) is 2.71. The van der Waals surface area contributed by atoms with Crippen LogP contribution in [0.25, 0.3) is 0 Å². The Bertz CT molecular complexity index is 570. The molecule has 2 aliphatic rings. The van der Waals surface area contributed by atoms with Gasteiger partial charge in [-0.2, -0.15) is 0 Å². The predicted molar refractivity (Wildman–Crippen MR) is 87.8 cm³/mol. The van der Waals surface area contributed by atoms with Gasteiger partial charge in [0.15, 0.2) is 0 Å². The molecule has 0 heterocycles. The standard InChI is InChI=1S/C20H28O/c1-12-9-20(15(4)14(3)13(12)2)18-6-5-17-11-19(21)8-7-16(17)10-18/h9,16-18H,5-8,10-11H2,1-4H3. The van der Waals surface area contributed by atoms with E-state index in [2.05, 4.69) is 33.8 Å². The Morgan fingerprint density at radius 2 is 1.67 bits per heavy atom. The van der Waals surface area contributed by atoms with Gasteiger partial charge in [0.05, 0.1) is 0 Å². The minimum Gasteiger partial charge on any atom is -0.300 e. The van der Waals surface area contributed by atoms with E-state index in [9.17, 15) is 4.79 Å². The SMILES string of the molecule is Cc1cc(C2CCC3CC(=O)CCC3C2)c(C)c(C)c1C. The molecule has 0 N–H and O–H groups in total. The maximum Gasteiger partial charge on any atom is 0.133 e. The Kier molecular flexibility index (Phi) is 3.94. The summed E-state index contributed by atoms with van der Waals surface area (Å²) in [6, 6.07) is 2.44. The van der Waals surface area contributed by atoms with Crippen LogP contribution in [0.5, 0.6) is 0 Å². The van der Waals surface area contributed by atoms with Crippen LogP contribution in [-0.2, 0) is 4.79 Å². The van der Waals surface area contributed by atoms with E-state index in [1.807, 2.05) is 0 Å². The first-order valence-electron chi connectivity index (χ1n) is 8.56. The first-order valence-corrected chi connectivity index (χ1v) is 8.56. The van der Waals surface area contributed by atoms with Crippen molar-refractivity contribution < 1.29 is 4.79 Å². The predicted octanol–water partition coefficient (Wildman–Crippen LogP) is 5.17. The second kappa shape index (κ2) is 5.59. The second-order valence-electron chi connectivity index (χ2n) is 7.47. The number of carbonyl (C=O) groups is 1. The van der Waals surface area contributed by atoms with Crippen LogP contribution in [0.15, 0.2) is 6.07 Å². The lowest BCUT2D eigenvalue weighted by Gasteiger charge is -2.39. The molecule has 0 saturated heterocycles. The van der Waals surface area contributed by atoms with Crippen LogP contribution in [0.1, 0.15) is 72.3 Å². The highest BCUT2D eigenvalue weighted by atomic mass is 16.1. The molecule has 1 heteroatoms. The lowest BCUT2D eigenvalue weighted by molar-refractivity contribution is -0.123. The van der Waals surface area contributed by atoms with Crippen LogP contribution >= 0.6 is 0 Å². The minimum absolute atomic E-state index is 0.507. The van der Waals surface area contributed by atoms with Crippen molar-refractivity contribution in [2.24, 2.45) is 11.8 Å². The van der Waals surface area contributed by atoms with Gasteiger partial charge in [0.25, 0.3) is 0 Å². The molecule has 1 nitrogen and oxygen atoms in total. The lowest BCUT2D eigenvalue weighted by Crippen LogP contribution is -2.30. The van der Waals surface area contributed by atoms with E-state index in [-0.39, 0.29) is 0 Å². The zero-order valence-electron chi connectivity index (χ0n) is 14.0. The quantitative estimate of drug-likeness (QED) is 0.695. The first-order chi connectivity index (χ1) is 9.97. The van der Waals surface area contributed by atoms with E-state index in [0.29, 0.717) is 11.7 Å². The van der Waals surface area contributed by atoms with E-state index < -0.39 is 0 Å². The highest BCUT2D eigenvalue weighted by Crippen LogP contribution is 2.46. The fourth-order valence-electron chi connectivity index (χ4n) is 4.64. The maximum atomic E-state index is 11.7. The Morgan fingerprint density at radius 1 is 0.905 bits per heavy atom. The fourth-order valence-corrected chi connectivity index (χ4v) is 4.64. The van der Waals surface area contributed by atoms with Gasteiger partial charge in [0.1, 0.15) is 5.78 Å². The van der Waals surface area contributed by atoms with Gasteiger partial charge in [-0.05, 0) is 98.9 Å². The molecule has 0 aromatic heterocycles. The molecule has 114 valence electrons. The van der Waals surface area contributed by atoms with Crippen LogP contribution in [-0.4, -0.2) is 5.78 Å². The van der Waals surface area contributed by atoms with Crippen molar-refractivity contribution in [3.05, 3.63) is 33.9 Å². The topological polar surface area (TPSA) is 17.1 Å². The van der Waals surface area contributed by atoms with Gasteiger partial charge in [0, 0.05) is 12.8 Å². The third-order valence-corrected chi connectivity index (χ3v) is 6.39. The van der Waals surface area contributed by atoms with E-state index in [0.717, 1.165) is 31.1 Å². The Balaban J connectivity index is 1.84. The van der Waals surface area contributed by atoms with Gasteiger partial charge in [-0.3, -0.25) is 4.79 Å². The van der Waals surface area contributed by atoms with Crippen molar-refractivity contribution in [3.63, 3.8) is 0 Å². The van der Waals surface area contributed by atoms with Crippen molar-refractivity contribution in [1.29, 1.82) is 0 Å². The third kappa shape index (κ3) is 2.67. The van der Waals surface area contributed by atoms with E-state index in [1.54, 1.807) is 5.56 Å². The highest BCUT2D eigenvalue weighted by Gasteiger charge is 2.35. The van der Waals surface area contributed by atoms with Crippen molar-refractivity contribution in [2.75, 3.05) is 0 Å². The largest absolute Gasteiger partial charge is 0.300 e. The molecule has 0 radical (unpaired) electrons. The number of fused-ring (bicyclic) bond motifs is 1. The third-order valence-electron chi connectivity index (χ3n) is 6.39. The Hall–Kier alpha value is -1.11. The number of carbonyl (C=O) groups excluding carboxylic acids is 1. The maximum absolute atomic E-state index is 11.7. The fraction of sp³-hybridized carbons (Fsp3) is 0.650. The Morgan fingerprint density at radius 3 is 2.43 bits per heavy atom. The molecule has 1 aromatic carbocycles. The molecule has 2 saturated carbocycles. The monoisotopic (exact) mass is 284 g/mol. The van der Waals surface area contributed by atoms with Gasteiger partial charge in [0.2, 0.25) is 0 Å². The van der Waals surface area contributed by atoms with Crippen LogP contribution < -0.4 is 0 Å². The van der Waals surface area contributed by atoms with Gasteiger partial charge in [-0.15, -0.1) is 0 Å². The van der Waals surface area contributed by atoms with Crippen molar-refractivity contribution in [1.82, 2.24) is 0 Å². The Labute approximate surface area is 129 Å². The average Bonchev–Trinajstić information content (AvgIpc) is 2.48. The molecule has 21 heavy (non-hydrogen) atoms. The van der Waals surface area contributed by atoms with Gasteiger partial charge in [-0.1, -0.05) is 6.07 Å². The number of Topliss-reactive ketones (excluding diaryl/α,β-unsaturated/α-hetero) is 1. The first kappa shape index (κ1) is 14.8. The molecule has 1 aromatic rings. The zero-order chi connectivity index (χ0) is 15.1. The molecule has 3 unspecified atom stereocenters. The van der Waals surface area contributed by atoms with Gasteiger partial charge < -0.3 is 0 Å². The highest BCUT2D eigenvalue weighted by molar-refractivity contribution is 5.79. The number of rotatable bonds is 1. The van der Waals surface area contributed by atoms with Crippen molar-refractivity contribution in [3.8, 4) is 0 Å². The molecule has 0 bridgehead atoms. The summed E-state index contributed by atoms with van der Waals surface area (Å²) in [5, 5.41) is 0. The molecular formula is C20H28O. The summed E-state index contributed by atoms with van der Waals surface area (Å²) in [7, 11) is 0. The molecule has 0 aliphatic heterocycles. The van der Waals surface area contributed by atoms with Crippen molar-refractivity contribution >= 4 is 5.78 Å². The second-order valence-corrected chi connectivity index (χ2v) is 7.47. The van der Waals surface area contributed by atoms with Gasteiger partial charge >= 0.3 is 0 Å². The van der Waals surface area contributed by atoms with Crippen LogP contribution in [0.4, 0.5) is 0 Å². The zero-order valence-corrected chi connectivity index (χ0v) is 14.0. The number of aryl methyl sites for hydroxylation is 1. The van der Waals surface area contributed by atoms with Crippen molar-refractivity contribution in [2.45, 2.75) is 72.1 Å². The molecule has 2 fully saturated rings.